The van der Waals surface area contributed by atoms with E-state index in [1.807, 2.05) is 0 Å². The van der Waals surface area contributed by atoms with E-state index in [0.717, 1.165) is 0 Å². The first-order valence-electron chi connectivity index (χ1n) is 3.07. The number of hydrogen-bond acceptors (Lipinski definition) is 18. The van der Waals surface area contributed by atoms with Gasteiger partial charge in [0.05, 0.1) is 0 Å². The number of hydrogen-bond donors (Lipinski definition) is 0. The molecule has 0 aromatic rings. The summed E-state index contributed by atoms with van der Waals surface area (Å²) in [5.41, 5.74) is 0. The van der Waals surface area contributed by atoms with Crippen molar-refractivity contribution in [3.05, 3.63) is 44.2 Å². The monoisotopic (exact) mass is 372 g/mol. The van der Waals surface area contributed by atoms with Crippen molar-refractivity contribution in [2.24, 2.45) is 35.3 Å². The Balaban J connectivity index is 9.48. The molecule has 0 aliphatic rings. The maximum atomic E-state index is 10.7. The van der Waals surface area contributed by atoms with E-state index in [9.17, 15) is 44.2 Å². The predicted octanol–water partition coefficient (Wildman–Crippen LogP) is 1.95. The summed E-state index contributed by atoms with van der Waals surface area (Å²) in [4.78, 5) is 96.7. The number of nitroso groups, excluding NO2 is 9. The molecule has 0 aromatic heterocycles. The van der Waals surface area contributed by atoms with Crippen LogP contribution in [0.4, 0.5) is 0 Å². The van der Waals surface area contributed by atoms with Crippen LogP contribution in [0.5, 0.6) is 0 Å². The van der Waals surface area contributed by atoms with Gasteiger partial charge in [-0.1, -0.05) is 0 Å². The van der Waals surface area contributed by atoms with E-state index in [0.29, 0.717) is 35.3 Å². The van der Waals surface area contributed by atoms with E-state index in [-0.39, 0.29) is 0 Å². The van der Waals surface area contributed by atoms with Gasteiger partial charge in [0.2, 0.25) is 0 Å². The maximum absolute atomic E-state index is 12.7. The first kappa shape index (κ1) is 16.0. The summed E-state index contributed by atoms with van der Waals surface area (Å²) in [5.74, 6) is 0. The first-order chi connectivity index (χ1) is 8.49. The predicted molar refractivity (Wildman–Crippen MR) is 52.2 cm³/mol. The van der Waals surface area contributed by atoms with Crippen molar-refractivity contribution < 1.29 is 11.0 Å². The van der Waals surface area contributed by atoms with Gasteiger partial charge in [-0.05, 0) is 0 Å². The summed E-state index contributed by atoms with van der Waals surface area (Å²) in [7, 11) is 0. The molecule has 0 atom stereocenters. The van der Waals surface area contributed by atoms with Crippen molar-refractivity contribution >= 4 is 0 Å². The molecule has 0 aromatic carbocycles. The average Bonchev–Trinajstić information content (AvgIpc) is 2.57. The van der Waals surface area contributed by atoms with Gasteiger partial charge >= 0.3 is 90.5 Å². The normalized spacial score (nSPS) is 21.8. The number of nitrogens with zero attached hydrogens (tertiary/aromatic N) is 9. The summed E-state index contributed by atoms with van der Waals surface area (Å²) in [5, 5.41) is 0. The van der Waals surface area contributed by atoms with Crippen LogP contribution in [0.3, 0.4) is 0 Å². The van der Waals surface area contributed by atoms with Crippen molar-refractivity contribution in [2.45, 2.75) is 0 Å². The van der Waals surface area contributed by atoms with Gasteiger partial charge in [0, 0.05) is 0 Å². The van der Waals surface area contributed by atoms with E-state index in [1.54, 1.807) is 0 Å². The molecule has 0 heterocycles. The second kappa shape index (κ2) is 1.67. The average molecular weight is 371 g/mol. The zero-order chi connectivity index (χ0) is 15.7. The Morgan fingerprint density at radius 2 is 0.421 bits per heavy atom. The van der Waals surface area contributed by atoms with E-state index < -0.39 is 11.0 Å². The molecule has 0 saturated heterocycles. The SMILES string of the molecule is O=[N][Ru]([N]=O)([N]=O)([N]=O)([N]=O)([N]=O)([N]=O)([N]=O)[N]=O. The summed E-state index contributed by atoms with van der Waals surface area (Å²) < 4.78 is 6.18. The van der Waals surface area contributed by atoms with Crippen LogP contribution in [0.15, 0.2) is 35.3 Å². The summed E-state index contributed by atoms with van der Waals surface area (Å²) >= 11 is -12.7. The Bertz CT molecular complexity index is 487. The molecular weight excluding hydrogens is 371 g/mol. The molecular formula is N9O9Ru. The second-order valence-electron chi connectivity index (χ2n) is 3.13. The second-order valence-corrected chi connectivity index (χ2v) is 18.5. The zero-order valence-electron chi connectivity index (χ0n) is 8.05. The Morgan fingerprint density at radius 3 is 0.421 bits per heavy atom. The third-order valence-electron chi connectivity index (χ3n) is 2.08. The number of rotatable bonds is 9. The molecule has 0 unspecified atom stereocenters. The van der Waals surface area contributed by atoms with Gasteiger partial charge in [-0.3, -0.25) is 0 Å². The van der Waals surface area contributed by atoms with Crippen LogP contribution in [-0.2, 0) is 11.0 Å². The van der Waals surface area contributed by atoms with Gasteiger partial charge in [-0.2, -0.15) is 0 Å². The van der Waals surface area contributed by atoms with Crippen LogP contribution in [0.1, 0.15) is 0 Å². The van der Waals surface area contributed by atoms with Crippen LogP contribution in [-0.4, -0.2) is 0 Å². The van der Waals surface area contributed by atoms with Gasteiger partial charge in [-0.25, -0.2) is 0 Å². The van der Waals surface area contributed by atoms with Crippen LogP contribution < -0.4 is 0 Å². The quantitative estimate of drug-likeness (QED) is 0.422. The summed E-state index contributed by atoms with van der Waals surface area (Å²) in [6, 6.07) is 0. The van der Waals surface area contributed by atoms with Crippen LogP contribution >= 0.6 is 0 Å². The molecule has 0 spiro atoms. The van der Waals surface area contributed by atoms with Crippen LogP contribution in [0.2, 0.25) is 0 Å². The minimum absolute atomic E-state index is 0.687. The molecule has 107 valence electrons. The zero-order valence-corrected chi connectivity index (χ0v) is 9.79. The van der Waals surface area contributed by atoms with Gasteiger partial charge in [-0.15, -0.1) is 0 Å². The molecule has 0 amide bonds. The van der Waals surface area contributed by atoms with Crippen molar-refractivity contribution in [3.8, 4) is 0 Å². The summed E-state index contributed by atoms with van der Waals surface area (Å²) in [6.07, 6.45) is 0. The third kappa shape index (κ3) is 0.535. The molecule has 0 fully saturated rings. The van der Waals surface area contributed by atoms with Crippen molar-refractivity contribution in [1.29, 1.82) is 0 Å². The Hall–Kier alpha value is -2.98. The van der Waals surface area contributed by atoms with E-state index in [1.165, 1.54) is 0 Å². The molecule has 19 heavy (non-hydrogen) atoms. The molecule has 0 aliphatic carbocycles. The third-order valence-corrected chi connectivity index (χ3v) is 12.3. The molecule has 0 N–H and O–H groups in total. The fourth-order valence-corrected chi connectivity index (χ4v) is 2.51. The molecule has 19 heteroatoms. The fourth-order valence-electron chi connectivity index (χ4n) is 0.424. The first-order valence-corrected chi connectivity index (χ1v) is 10.1. The van der Waals surface area contributed by atoms with Crippen LogP contribution in [0, 0.1) is 44.2 Å². The molecule has 0 aliphatic heterocycles. The van der Waals surface area contributed by atoms with Crippen molar-refractivity contribution in [1.82, 2.24) is 0 Å². The Labute approximate surface area is 91.2 Å². The summed E-state index contributed by atoms with van der Waals surface area (Å²) in [6.45, 7) is 0. The van der Waals surface area contributed by atoms with Crippen molar-refractivity contribution in [2.75, 3.05) is 0 Å². The molecule has 18 nitrogen and oxygen atoms in total. The van der Waals surface area contributed by atoms with E-state index in [2.05, 4.69) is 0 Å². The molecule has 0 bridgehead atoms. The molecule has 0 rings (SSSR count). The van der Waals surface area contributed by atoms with Gasteiger partial charge in [0.25, 0.3) is 0 Å². The topological polar surface area (TPSA) is 265 Å². The van der Waals surface area contributed by atoms with Gasteiger partial charge in [0.15, 0.2) is 0 Å². The fraction of sp³-hybridized carbons (Fsp3) is 0. The molecule has 0 saturated carbocycles. The van der Waals surface area contributed by atoms with Gasteiger partial charge in [0.1, 0.15) is 0 Å². The minimum atomic E-state index is -12.7. The molecule has 0 radical (unpaired) electrons. The Kier molecular flexibility index (Phi) is 1.41. The van der Waals surface area contributed by atoms with Crippen molar-refractivity contribution in [3.63, 3.8) is 0 Å². The van der Waals surface area contributed by atoms with E-state index >= 15 is 0 Å². The van der Waals surface area contributed by atoms with Crippen LogP contribution in [0.25, 0.3) is 0 Å². The standard InChI is InChI=1S/9NO.Ru/c9*1-2;/q9*-1;+9. The van der Waals surface area contributed by atoms with E-state index in [4.69, 9.17) is 0 Å². The Morgan fingerprint density at radius 1 is 0.316 bits per heavy atom. The van der Waals surface area contributed by atoms with Gasteiger partial charge < -0.3 is 0 Å².